The van der Waals surface area contributed by atoms with Gasteiger partial charge >= 0.3 is 0 Å². The summed E-state index contributed by atoms with van der Waals surface area (Å²) in [5, 5.41) is 20.8. The van der Waals surface area contributed by atoms with E-state index in [2.05, 4.69) is 32.6 Å². The van der Waals surface area contributed by atoms with Gasteiger partial charge in [-0.05, 0) is 31.7 Å². The second-order valence-electron chi connectivity index (χ2n) is 8.70. The molecule has 0 radical (unpaired) electrons. The molecule has 2 atom stereocenters. The number of hydrogen-bond acceptors (Lipinski definition) is 7. The van der Waals surface area contributed by atoms with Crippen molar-refractivity contribution in [1.29, 1.82) is 0 Å². The number of aromatic nitrogens is 4. The minimum absolute atomic E-state index is 0.00718. The zero-order valence-electron chi connectivity index (χ0n) is 18.0. The number of aliphatic hydroxyl groups excluding tert-OH is 1. The lowest BCUT2D eigenvalue weighted by atomic mass is 9.80. The number of nitrogens with one attached hydrogen (secondary N) is 2. The van der Waals surface area contributed by atoms with E-state index in [1.807, 2.05) is 0 Å². The normalized spacial score (nSPS) is 25.5. The van der Waals surface area contributed by atoms with Crippen molar-refractivity contribution < 1.29 is 18.6 Å². The first-order valence-electron chi connectivity index (χ1n) is 10.9. The van der Waals surface area contributed by atoms with Crippen LogP contribution < -0.4 is 15.4 Å². The molecule has 0 amide bonds. The van der Waals surface area contributed by atoms with Gasteiger partial charge in [-0.2, -0.15) is 5.10 Å². The number of piperidine rings is 1. The zero-order valence-corrected chi connectivity index (χ0v) is 18.0. The Bertz CT molecular complexity index is 1150. The summed E-state index contributed by atoms with van der Waals surface area (Å²) in [6, 6.07) is 2.56. The molecule has 170 valence electrons. The molecular formula is C22H26F2N6O2. The molecule has 1 aliphatic carbocycles. The maximum Gasteiger partial charge on any atom is 0.168 e. The number of nitrogens with zero attached hydrogens (tertiary/aromatic N) is 4. The second-order valence-corrected chi connectivity index (χ2v) is 8.70. The van der Waals surface area contributed by atoms with Crippen LogP contribution in [-0.2, 0) is 0 Å². The predicted molar refractivity (Wildman–Crippen MR) is 115 cm³/mol. The summed E-state index contributed by atoms with van der Waals surface area (Å²) in [5.41, 5.74) is 1.42. The maximum absolute atomic E-state index is 14.8. The molecule has 0 unspecified atom stereocenters. The largest absolute Gasteiger partial charge is 0.495 e. The van der Waals surface area contributed by atoms with Crippen LogP contribution in [0.4, 0.5) is 14.6 Å². The van der Waals surface area contributed by atoms with Crippen LogP contribution in [0.25, 0.3) is 17.0 Å². The average Bonchev–Trinajstić information content (AvgIpc) is 3.16. The summed E-state index contributed by atoms with van der Waals surface area (Å²) in [5.74, 6) is -0.577. The molecule has 32 heavy (non-hydrogen) atoms. The number of methoxy groups -OCH3 is 1. The summed E-state index contributed by atoms with van der Waals surface area (Å²) in [4.78, 5) is 8.62. The van der Waals surface area contributed by atoms with E-state index in [1.54, 1.807) is 13.2 Å². The van der Waals surface area contributed by atoms with Crippen molar-refractivity contribution in [1.82, 2.24) is 24.9 Å². The molecule has 10 heteroatoms. The minimum Gasteiger partial charge on any atom is -0.495 e. The average molecular weight is 444 g/mol. The predicted octanol–water partition coefficient (Wildman–Crippen LogP) is 2.73. The van der Waals surface area contributed by atoms with Crippen molar-refractivity contribution in [3.63, 3.8) is 0 Å². The summed E-state index contributed by atoms with van der Waals surface area (Å²) >= 11 is 0. The van der Waals surface area contributed by atoms with Gasteiger partial charge in [0.05, 0.1) is 19.4 Å². The van der Waals surface area contributed by atoms with Gasteiger partial charge in [0.15, 0.2) is 23.1 Å². The fraction of sp³-hybridized carbons (Fsp3) is 0.500. The second kappa shape index (κ2) is 8.25. The molecule has 5 rings (SSSR count). The van der Waals surface area contributed by atoms with E-state index in [4.69, 9.17) is 4.74 Å². The molecule has 2 aliphatic rings. The number of aliphatic hydroxyl groups is 1. The Morgan fingerprint density at radius 2 is 2.06 bits per heavy atom. The van der Waals surface area contributed by atoms with E-state index >= 15 is 0 Å². The lowest BCUT2D eigenvalue weighted by Gasteiger charge is -2.31. The number of fused-ring (bicyclic) bond motifs is 1. The first-order chi connectivity index (χ1) is 15.4. The van der Waals surface area contributed by atoms with Crippen molar-refractivity contribution in [3.05, 3.63) is 35.7 Å². The zero-order chi connectivity index (χ0) is 22.4. The Morgan fingerprint density at radius 1 is 1.25 bits per heavy atom. The number of pyridine rings is 1. The van der Waals surface area contributed by atoms with Crippen molar-refractivity contribution in [2.45, 2.75) is 44.2 Å². The molecule has 1 saturated carbocycles. The highest BCUT2D eigenvalue weighted by molar-refractivity contribution is 5.63. The molecule has 0 aromatic carbocycles. The minimum atomic E-state index is -0.789. The first kappa shape index (κ1) is 21.0. The lowest BCUT2D eigenvalue weighted by Crippen LogP contribution is -2.44. The van der Waals surface area contributed by atoms with Crippen LogP contribution in [-0.4, -0.2) is 57.0 Å². The number of hydrogen-bond donors (Lipinski definition) is 3. The Balaban J connectivity index is 1.55. The molecule has 0 bridgehead atoms. The monoisotopic (exact) mass is 444 g/mol. The fourth-order valence-electron chi connectivity index (χ4n) is 4.44. The van der Waals surface area contributed by atoms with Gasteiger partial charge in [-0.1, -0.05) is 6.92 Å². The highest BCUT2D eigenvalue weighted by Crippen LogP contribution is 2.40. The number of imidazole rings is 1. The topological polar surface area (TPSA) is 96.6 Å². The van der Waals surface area contributed by atoms with Crippen LogP contribution in [0.15, 0.2) is 18.3 Å². The molecule has 4 heterocycles. The molecular weight excluding hydrogens is 418 g/mol. The standard InChI is InChI=1S/C22H26F2N6O2/c1-11-3-4-25-9-16(11)27-22-15(24)7-14(23)21(28-22)17-10-26-19-8-18(32-2)20(29-30(17)19)12-5-13(31)6-12/h7-8,10-13,16,25,31H,3-6,9H2,1-2H3,(H,27,28)/t11-,12?,13?,16-/m1/s1. The van der Waals surface area contributed by atoms with Crippen LogP contribution in [0.3, 0.4) is 0 Å². The van der Waals surface area contributed by atoms with Gasteiger partial charge in [0.1, 0.15) is 22.8 Å². The van der Waals surface area contributed by atoms with Gasteiger partial charge in [0.25, 0.3) is 0 Å². The SMILES string of the molecule is COc1cc2ncc(-c3nc(N[C@@H]4CNCC[C@H]4C)c(F)cc3F)n2nc1C1CC(O)C1. The van der Waals surface area contributed by atoms with Gasteiger partial charge in [0.2, 0.25) is 0 Å². The maximum atomic E-state index is 14.8. The van der Waals surface area contributed by atoms with Crippen LogP contribution in [0.5, 0.6) is 5.75 Å². The Labute approximate surface area is 184 Å². The van der Waals surface area contributed by atoms with E-state index in [-0.39, 0.29) is 29.6 Å². The van der Waals surface area contributed by atoms with Crippen molar-refractivity contribution >= 4 is 11.5 Å². The number of ether oxygens (including phenoxy) is 1. The van der Waals surface area contributed by atoms with Gasteiger partial charge in [-0.15, -0.1) is 0 Å². The van der Waals surface area contributed by atoms with Crippen molar-refractivity contribution in [2.75, 3.05) is 25.5 Å². The summed E-state index contributed by atoms with van der Waals surface area (Å²) in [6.07, 6.45) is 3.25. The molecule has 1 saturated heterocycles. The molecule has 3 aromatic heterocycles. The molecule has 8 nitrogen and oxygen atoms in total. The van der Waals surface area contributed by atoms with Gasteiger partial charge < -0.3 is 20.5 Å². The third kappa shape index (κ3) is 3.67. The molecule has 2 fully saturated rings. The van der Waals surface area contributed by atoms with E-state index < -0.39 is 11.6 Å². The lowest BCUT2D eigenvalue weighted by molar-refractivity contribution is 0.0718. The van der Waals surface area contributed by atoms with E-state index in [0.29, 0.717) is 48.1 Å². The number of anilines is 1. The van der Waals surface area contributed by atoms with Crippen LogP contribution in [0, 0.1) is 17.6 Å². The quantitative estimate of drug-likeness (QED) is 0.557. The molecule has 3 aromatic rings. The first-order valence-corrected chi connectivity index (χ1v) is 10.9. The van der Waals surface area contributed by atoms with Gasteiger partial charge in [-0.25, -0.2) is 23.3 Å². The number of halogens is 2. The highest BCUT2D eigenvalue weighted by atomic mass is 19.1. The van der Waals surface area contributed by atoms with Crippen molar-refractivity contribution in [2.24, 2.45) is 5.92 Å². The Hall–Kier alpha value is -2.85. The Kier molecular flexibility index (Phi) is 5.42. The van der Waals surface area contributed by atoms with E-state index in [1.165, 1.54) is 10.7 Å². The summed E-state index contributed by atoms with van der Waals surface area (Å²) in [6.45, 7) is 3.70. The number of rotatable bonds is 5. The van der Waals surface area contributed by atoms with Crippen LogP contribution in [0.2, 0.25) is 0 Å². The van der Waals surface area contributed by atoms with Crippen LogP contribution >= 0.6 is 0 Å². The summed E-state index contributed by atoms with van der Waals surface area (Å²) in [7, 11) is 1.55. The van der Waals surface area contributed by atoms with Gasteiger partial charge in [-0.3, -0.25) is 0 Å². The third-order valence-electron chi connectivity index (χ3n) is 6.53. The fourth-order valence-corrected chi connectivity index (χ4v) is 4.44. The van der Waals surface area contributed by atoms with E-state index in [9.17, 15) is 13.9 Å². The van der Waals surface area contributed by atoms with Crippen LogP contribution in [0.1, 0.15) is 37.8 Å². The molecule has 0 spiro atoms. The highest BCUT2D eigenvalue weighted by Gasteiger charge is 2.33. The summed E-state index contributed by atoms with van der Waals surface area (Å²) < 4.78 is 36.4. The van der Waals surface area contributed by atoms with Crippen molar-refractivity contribution in [3.8, 4) is 17.1 Å². The van der Waals surface area contributed by atoms with E-state index in [0.717, 1.165) is 19.0 Å². The smallest absolute Gasteiger partial charge is 0.168 e. The molecule has 3 N–H and O–H groups in total. The van der Waals surface area contributed by atoms with Gasteiger partial charge in [0, 0.05) is 30.6 Å². The molecule has 1 aliphatic heterocycles. The Morgan fingerprint density at radius 3 is 2.78 bits per heavy atom. The third-order valence-corrected chi connectivity index (χ3v) is 6.53.